The maximum absolute atomic E-state index is 12.4. The number of sulfonamides is 1. The Kier molecular flexibility index (Phi) is 5.43. The lowest BCUT2D eigenvalue weighted by molar-refractivity contribution is 0.392. The van der Waals surface area contributed by atoms with E-state index in [1.807, 2.05) is 27.7 Å². The summed E-state index contributed by atoms with van der Waals surface area (Å²) in [6.45, 7) is 8.95. The van der Waals surface area contributed by atoms with E-state index in [4.69, 9.17) is 4.52 Å². The van der Waals surface area contributed by atoms with Crippen LogP contribution in [0.3, 0.4) is 0 Å². The van der Waals surface area contributed by atoms with E-state index in [1.54, 1.807) is 24.3 Å². The zero-order chi connectivity index (χ0) is 17.0. The molecule has 126 valence electrons. The van der Waals surface area contributed by atoms with Crippen LogP contribution in [0, 0.1) is 13.8 Å². The average Bonchev–Trinajstić information content (AvgIpc) is 2.85. The number of benzene rings is 1. The second kappa shape index (κ2) is 7.14. The van der Waals surface area contributed by atoms with Crippen LogP contribution >= 0.6 is 0 Å². The first-order chi connectivity index (χ1) is 10.9. The summed E-state index contributed by atoms with van der Waals surface area (Å²) >= 11 is 0. The Morgan fingerprint density at radius 2 is 1.74 bits per heavy atom. The van der Waals surface area contributed by atoms with Gasteiger partial charge in [-0.15, -0.1) is 0 Å². The van der Waals surface area contributed by atoms with E-state index in [0.29, 0.717) is 24.5 Å². The predicted molar refractivity (Wildman–Crippen MR) is 89.9 cm³/mol. The van der Waals surface area contributed by atoms with Gasteiger partial charge >= 0.3 is 0 Å². The summed E-state index contributed by atoms with van der Waals surface area (Å²) < 4.78 is 31.4. The average molecular weight is 337 g/mol. The Balaban J connectivity index is 2.11. The van der Waals surface area contributed by atoms with Crippen molar-refractivity contribution in [2.75, 3.05) is 18.4 Å². The summed E-state index contributed by atoms with van der Waals surface area (Å²) in [6, 6.07) is 6.80. The first-order valence-electron chi connectivity index (χ1n) is 7.66. The van der Waals surface area contributed by atoms with Gasteiger partial charge in [-0.05, 0) is 38.1 Å². The SMILES string of the molecule is CCN(CC)S(=O)(=O)c1ccc(NCc2c(C)noc2C)cc1. The van der Waals surface area contributed by atoms with Gasteiger partial charge in [-0.1, -0.05) is 19.0 Å². The molecular weight excluding hydrogens is 314 g/mol. The second-order valence-corrected chi connectivity index (χ2v) is 7.21. The molecule has 0 aliphatic rings. The fraction of sp³-hybridized carbons (Fsp3) is 0.438. The fourth-order valence-electron chi connectivity index (χ4n) is 2.40. The minimum atomic E-state index is -3.41. The molecule has 0 bridgehead atoms. The van der Waals surface area contributed by atoms with Gasteiger partial charge in [0.05, 0.1) is 10.6 Å². The van der Waals surface area contributed by atoms with Crippen LogP contribution in [-0.4, -0.2) is 31.0 Å². The van der Waals surface area contributed by atoms with Crippen molar-refractivity contribution in [2.45, 2.75) is 39.1 Å². The Labute approximate surface area is 137 Å². The number of hydrogen-bond donors (Lipinski definition) is 1. The summed E-state index contributed by atoms with van der Waals surface area (Å²) in [5.41, 5.74) is 2.73. The highest BCUT2D eigenvalue weighted by Crippen LogP contribution is 2.20. The Morgan fingerprint density at radius 3 is 2.22 bits per heavy atom. The number of aromatic nitrogens is 1. The third kappa shape index (κ3) is 3.73. The summed E-state index contributed by atoms with van der Waals surface area (Å²) in [5, 5.41) is 7.17. The van der Waals surface area contributed by atoms with Gasteiger partial charge < -0.3 is 9.84 Å². The molecule has 0 spiro atoms. The topological polar surface area (TPSA) is 75.4 Å². The molecule has 1 aromatic carbocycles. The van der Waals surface area contributed by atoms with Crippen LogP contribution in [0.5, 0.6) is 0 Å². The number of hydrogen-bond acceptors (Lipinski definition) is 5. The summed E-state index contributed by atoms with van der Waals surface area (Å²) in [4.78, 5) is 0.309. The number of nitrogens with zero attached hydrogens (tertiary/aromatic N) is 2. The molecule has 2 aromatic rings. The third-order valence-electron chi connectivity index (χ3n) is 3.85. The molecule has 7 heteroatoms. The van der Waals surface area contributed by atoms with E-state index >= 15 is 0 Å². The Bertz CT molecular complexity index is 728. The fourth-order valence-corrected chi connectivity index (χ4v) is 3.86. The van der Waals surface area contributed by atoms with Crippen molar-refractivity contribution in [1.29, 1.82) is 0 Å². The van der Waals surface area contributed by atoms with Gasteiger partial charge in [0.1, 0.15) is 5.76 Å². The molecule has 0 aliphatic carbocycles. The molecule has 6 nitrogen and oxygen atoms in total. The minimum Gasteiger partial charge on any atom is -0.381 e. The number of aryl methyl sites for hydroxylation is 2. The molecule has 1 aromatic heterocycles. The molecule has 1 heterocycles. The van der Waals surface area contributed by atoms with Gasteiger partial charge in [-0.25, -0.2) is 8.42 Å². The third-order valence-corrected chi connectivity index (χ3v) is 5.91. The standard InChI is InChI=1S/C16H23N3O3S/c1-5-19(6-2)23(20,21)15-9-7-14(8-10-15)17-11-16-12(3)18-22-13(16)4/h7-10,17H,5-6,11H2,1-4H3. The van der Waals surface area contributed by atoms with Crippen LogP contribution in [-0.2, 0) is 16.6 Å². The van der Waals surface area contributed by atoms with E-state index < -0.39 is 10.0 Å². The molecule has 0 atom stereocenters. The molecule has 2 rings (SSSR count). The van der Waals surface area contributed by atoms with Crippen molar-refractivity contribution in [3.8, 4) is 0 Å². The maximum Gasteiger partial charge on any atom is 0.243 e. The number of rotatable bonds is 7. The quantitative estimate of drug-likeness (QED) is 0.841. The highest BCUT2D eigenvalue weighted by Gasteiger charge is 2.21. The van der Waals surface area contributed by atoms with E-state index in [1.165, 1.54) is 4.31 Å². The molecule has 23 heavy (non-hydrogen) atoms. The van der Waals surface area contributed by atoms with Crippen molar-refractivity contribution < 1.29 is 12.9 Å². The van der Waals surface area contributed by atoms with Gasteiger partial charge in [-0.2, -0.15) is 4.31 Å². The van der Waals surface area contributed by atoms with Crippen LogP contribution in [0.25, 0.3) is 0 Å². The lowest BCUT2D eigenvalue weighted by atomic mass is 10.2. The number of nitrogens with one attached hydrogen (secondary N) is 1. The lowest BCUT2D eigenvalue weighted by Crippen LogP contribution is -2.30. The van der Waals surface area contributed by atoms with Crippen molar-refractivity contribution >= 4 is 15.7 Å². The van der Waals surface area contributed by atoms with E-state index in [-0.39, 0.29) is 0 Å². The molecule has 0 fully saturated rings. The van der Waals surface area contributed by atoms with Crippen LogP contribution in [0.1, 0.15) is 30.9 Å². The molecule has 0 aliphatic heterocycles. The number of anilines is 1. The zero-order valence-electron chi connectivity index (χ0n) is 14.0. The van der Waals surface area contributed by atoms with E-state index in [9.17, 15) is 8.42 Å². The minimum absolute atomic E-state index is 0.309. The Morgan fingerprint density at radius 1 is 1.13 bits per heavy atom. The normalized spacial score (nSPS) is 11.9. The molecular formula is C16H23N3O3S. The highest BCUT2D eigenvalue weighted by molar-refractivity contribution is 7.89. The molecule has 0 unspecified atom stereocenters. The van der Waals surface area contributed by atoms with Crippen LogP contribution in [0.15, 0.2) is 33.7 Å². The van der Waals surface area contributed by atoms with Crippen molar-refractivity contribution in [2.24, 2.45) is 0 Å². The molecule has 0 amide bonds. The largest absolute Gasteiger partial charge is 0.381 e. The van der Waals surface area contributed by atoms with Crippen LogP contribution in [0.2, 0.25) is 0 Å². The van der Waals surface area contributed by atoms with E-state index in [2.05, 4.69) is 10.5 Å². The summed E-state index contributed by atoms with van der Waals surface area (Å²) in [7, 11) is -3.41. The first-order valence-corrected chi connectivity index (χ1v) is 9.10. The van der Waals surface area contributed by atoms with Gasteiger partial charge in [0.15, 0.2) is 0 Å². The summed E-state index contributed by atoms with van der Waals surface area (Å²) in [6.07, 6.45) is 0. The maximum atomic E-state index is 12.4. The van der Waals surface area contributed by atoms with Crippen molar-refractivity contribution in [1.82, 2.24) is 9.46 Å². The smallest absolute Gasteiger partial charge is 0.243 e. The molecule has 0 radical (unpaired) electrons. The Hall–Kier alpha value is -1.86. The molecule has 0 saturated heterocycles. The molecule has 0 saturated carbocycles. The van der Waals surface area contributed by atoms with Gasteiger partial charge in [0.2, 0.25) is 10.0 Å². The molecule has 1 N–H and O–H groups in total. The first kappa shape index (κ1) is 17.5. The van der Waals surface area contributed by atoms with Crippen molar-refractivity contribution in [3.05, 3.63) is 41.3 Å². The van der Waals surface area contributed by atoms with E-state index in [0.717, 1.165) is 22.7 Å². The lowest BCUT2D eigenvalue weighted by Gasteiger charge is -2.18. The predicted octanol–water partition coefficient (Wildman–Crippen LogP) is 2.93. The van der Waals surface area contributed by atoms with Crippen LogP contribution in [0.4, 0.5) is 5.69 Å². The van der Waals surface area contributed by atoms with Gasteiger partial charge in [-0.3, -0.25) is 0 Å². The summed E-state index contributed by atoms with van der Waals surface area (Å²) in [5.74, 6) is 0.788. The monoisotopic (exact) mass is 337 g/mol. The highest BCUT2D eigenvalue weighted by atomic mass is 32.2. The second-order valence-electron chi connectivity index (χ2n) is 5.27. The van der Waals surface area contributed by atoms with Crippen LogP contribution < -0.4 is 5.32 Å². The van der Waals surface area contributed by atoms with Gasteiger partial charge in [0, 0.05) is 30.9 Å². The zero-order valence-corrected chi connectivity index (χ0v) is 14.8. The van der Waals surface area contributed by atoms with Gasteiger partial charge in [0.25, 0.3) is 0 Å². The van der Waals surface area contributed by atoms with Crippen molar-refractivity contribution in [3.63, 3.8) is 0 Å².